The van der Waals surface area contributed by atoms with Gasteiger partial charge in [0.15, 0.2) is 0 Å². The van der Waals surface area contributed by atoms with Crippen molar-refractivity contribution >= 4 is 11.5 Å². The first-order valence-electron chi connectivity index (χ1n) is 9.44. The summed E-state index contributed by atoms with van der Waals surface area (Å²) in [4.78, 5) is 23.1. The molecule has 154 valence electrons. The molecule has 1 aromatic carbocycles. The van der Waals surface area contributed by atoms with Crippen LogP contribution in [0, 0.1) is 11.6 Å². The van der Waals surface area contributed by atoms with Crippen LogP contribution in [-0.2, 0) is 7.05 Å². The normalized spacial score (nSPS) is 13.9. The molecule has 0 radical (unpaired) electrons. The van der Waals surface area contributed by atoms with Crippen LogP contribution >= 0.6 is 0 Å². The van der Waals surface area contributed by atoms with Gasteiger partial charge in [0.05, 0.1) is 18.4 Å². The number of aromatic nitrogens is 3. The van der Waals surface area contributed by atoms with E-state index in [1.165, 1.54) is 17.7 Å². The predicted molar refractivity (Wildman–Crippen MR) is 110 cm³/mol. The number of anilines is 1. The van der Waals surface area contributed by atoms with Gasteiger partial charge in [0.1, 0.15) is 17.4 Å². The molecule has 6 nitrogen and oxygen atoms in total. The number of hydrogen-bond acceptors (Lipinski definition) is 5. The number of benzene rings is 1. The summed E-state index contributed by atoms with van der Waals surface area (Å²) in [6.07, 6.45) is 5.80. The molecule has 1 aliphatic rings. The van der Waals surface area contributed by atoms with Crippen LogP contribution in [0.25, 0.3) is 16.8 Å². The topological polar surface area (TPSA) is 60.2 Å². The first-order chi connectivity index (χ1) is 14.5. The predicted octanol–water partition coefficient (Wildman–Crippen LogP) is 3.42. The zero-order valence-electron chi connectivity index (χ0n) is 16.6. The van der Waals surface area contributed by atoms with Crippen LogP contribution in [-0.4, -0.2) is 34.7 Å². The molecule has 2 aromatic heterocycles. The first-order valence-corrected chi connectivity index (χ1v) is 9.44. The minimum atomic E-state index is -0.699. The zero-order valence-corrected chi connectivity index (χ0v) is 16.6. The Labute approximate surface area is 172 Å². The summed E-state index contributed by atoms with van der Waals surface area (Å²) in [5.74, 6) is -0.780. The second-order valence-electron chi connectivity index (χ2n) is 6.98. The van der Waals surface area contributed by atoms with E-state index in [4.69, 9.17) is 4.74 Å². The molecular weight excluding hydrogens is 390 g/mol. The molecule has 8 heteroatoms. The number of nitrogens with zero attached hydrogens (tertiary/aromatic N) is 4. The van der Waals surface area contributed by atoms with Crippen LogP contribution in [0.3, 0.4) is 0 Å². The maximum atomic E-state index is 14.6. The maximum absolute atomic E-state index is 14.6. The second-order valence-corrected chi connectivity index (χ2v) is 6.98. The molecule has 0 amide bonds. The molecule has 4 rings (SSSR count). The van der Waals surface area contributed by atoms with Crippen molar-refractivity contribution in [2.45, 2.75) is 6.42 Å². The Morgan fingerprint density at radius 1 is 1.13 bits per heavy atom. The first kappa shape index (κ1) is 19.8. The Bertz CT molecular complexity index is 1180. The highest BCUT2D eigenvalue weighted by molar-refractivity contribution is 5.75. The highest BCUT2D eigenvalue weighted by Crippen LogP contribution is 2.33. The molecule has 0 aliphatic carbocycles. The molecule has 0 unspecified atom stereocenters. The standard InChI is InChI=1S/C22H20F2N4O2/c1-27-20(29)12-18(14-5-7-25-8-6-14)26-22(27)28-9-3-4-15(13-28)21-17(24)10-16(23)11-19(21)30-2/h4-8,10-12H,3,9,13H2,1-2H3. The number of pyridine rings is 1. The number of halogens is 2. The highest BCUT2D eigenvalue weighted by atomic mass is 19.1. The molecule has 0 spiro atoms. The van der Waals surface area contributed by atoms with Gasteiger partial charge >= 0.3 is 0 Å². The summed E-state index contributed by atoms with van der Waals surface area (Å²) in [6, 6.07) is 7.05. The van der Waals surface area contributed by atoms with E-state index in [9.17, 15) is 13.6 Å². The van der Waals surface area contributed by atoms with Crippen LogP contribution in [0.1, 0.15) is 12.0 Å². The Hall–Kier alpha value is -3.55. The second kappa shape index (κ2) is 8.06. The minimum absolute atomic E-state index is 0.132. The van der Waals surface area contributed by atoms with E-state index in [1.54, 1.807) is 31.6 Å². The van der Waals surface area contributed by atoms with Crippen molar-refractivity contribution in [2.24, 2.45) is 7.05 Å². The quantitative estimate of drug-likeness (QED) is 0.660. The number of rotatable bonds is 4. The number of methoxy groups -OCH3 is 1. The van der Waals surface area contributed by atoms with Gasteiger partial charge in [0.2, 0.25) is 5.95 Å². The summed E-state index contributed by atoms with van der Waals surface area (Å²) in [5.41, 5.74) is 1.99. The molecular formula is C22H20F2N4O2. The van der Waals surface area contributed by atoms with Gasteiger partial charge in [-0.25, -0.2) is 13.8 Å². The lowest BCUT2D eigenvalue weighted by molar-refractivity contribution is 0.404. The minimum Gasteiger partial charge on any atom is -0.496 e. The van der Waals surface area contributed by atoms with Crippen molar-refractivity contribution in [2.75, 3.05) is 25.1 Å². The third-order valence-corrected chi connectivity index (χ3v) is 5.08. The summed E-state index contributed by atoms with van der Waals surface area (Å²) < 4.78 is 34.9. The summed E-state index contributed by atoms with van der Waals surface area (Å²) in [7, 11) is 3.03. The molecule has 0 bridgehead atoms. The molecule has 0 saturated heterocycles. The van der Waals surface area contributed by atoms with E-state index < -0.39 is 11.6 Å². The molecule has 0 N–H and O–H groups in total. The average molecular weight is 410 g/mol. The van der Waals surface area contributed by atoms with E-state index in [-0.39, 0.29) is 16.9 Å². The Kier molecular flexibility index (Phi) is 5.31. The monoisotopic (exact) mass is 410 g/mol. The maximum Gasteiger partial charge on any atom is 0.255 e. The number of hydrogen-bond donors (Lipinski definition) is 0. The summed E-state index contributed by atoms with van der Waals surface area (Å²) in [5, 5.41) is 0. The summed E-state index contributed by atoms with van der Waals surface area (Å²) in [6.45, 7) is 0.910. The molecule has 30 heavy (non-hydrogen) atoms. The van der Waals surface area contributed by atoms with E-state index in [0.29, 0.717) is 36.7 Å². The van der Waals surface area contributed by atoms with Gasteiger partial charge in [-0.15, -0.1) is 0 Å². The van der Waals surface area contributed by atoms with E-state index >= 15 is 0 Å². The Morgan fingerprint density at radius 2 is 1.90 bits per heavy atom. The van der Waals surface area contributed by atoms with Gasteiger partial charge in [-0.3, -0.25) is 14.3 Å². The molecule has 0 saturated carbocycles. The van der Waals surface area contributed by atoms with Gasteiger partial charge in [-0.2, -0.15) is 0 Å². The van der Waals surface area contributed by atoms with Crippen molar-refractivity contribution in [3.63, 3.8) is 0 Å². The molecule has 3 heterocycles. The third kappa shape index (κ3) is 3.68. The SMILES string of the molecule is COc1cc(F)cc(F)c1C1=CCCN(c2nc(-c3ccncc3)cc(=O)n2C)C1. The average Bonchev–Trinajstić information content (AvgIpc) is 2.75. The molecule has 3 aromatic rings. The largest absolute Gasteiger partial charge is 0.496 e. The fraction of sp³-hybridized carbons (Fsp3) is 0.227. The van der Waals surface area contributed by atoms with Gasteiger partial charge in [-0.1, -0.05) is 6.08 Å². The van der Waals surface area contributed by atoms with Crippen molar-refractivity contribution < 1.29 is 13.5 Å². The van der Waals surface area contributed by atoms with E-state index in [0.717, 1.165) is 17.7 Å². The molecule has 1 aliphatic heterocycles. The van der Waals surface area contributed by atoms with Crippen LogP contribution in [0.15, 0.2) is 53.6 Å². The highest BCUT2D eigenvalue weighted by Gasteiger charge is 2.23. The smallest absolute Gasteiger partial charge is 0.255 e. The lowest BCUT2D eigenvalue weighted by atomic mass is 9.99. The van der Waals surface area contributed by atoms with Crippen LogP contribution in [0.4, 0.5) is 14.7 Å². The lowest BCUT2D eigenvalue weighted by Gasteiger charge is -2.30. The number of ether oxygens (including phenoxy) is 1. The van der Waals surface area contributed by atoms with Crippen molar-refractivity contribution in [3.05, 3.63) is 76.4 Å². The van der Waals surface area contributed by atoms with E-state index in [1.807, 2.05) is 11.0 Å². The van der Waals surface area contributed by atoms with Crippen molar-refractivity contribution in [1.82, 2.24) is 14.5 Å². The van der Waals surface area contributed by atoms with Gasteiger partial charge < -0.3 is 9.64 Å². The fourth-order valence-electron chi connectivity index (χ4n) is 3.60. The van der Waals surface area contributed by atoms with Crippen molar-refractivity contribution in [3.8, 4) is 17.0 Å². The van der Waals surface area contributed by atoms with Gasteiger partial charge in [0, 0.05) is 56.3 Å². The van der Waals surface area contributed by atoms with Crippen LogP contribution < -0.4 is 15.2 Å². The summed E-state index contributed by atoms with van der Waals surface area (Å²) >= 11 is 0. The molecule has 0 fully saturated rings. The van der Waals surface area contributed by atoms with E-state index in [2.05, 4.69) is 9.97 Å². The van der Waals surface area contributed by atoms with Gasteiger partial charge in [0.25, 0.3) is 5.56 Å². The third-order valence-electron chi connectivity index (χ3n) is 5.08. The van der Waals surface area contributed by atoms with Crippen LogP contribution in [0.5, 0.6) is 5.75 Å². The molecule has 0 atom stereocenters. The van der Waals surface area contributed by atoms with Crippen LogP contribution in [0.2, 0.25) is 0 Å². The van der Waals surface area contributed by atoms with Crippen molar-refractivity contribution in [1.29, 1.82) is 0 Å². The Balaban J connectivity index is 1.73. The fourth-order valence-corrected chi connectivity index (χ4v) is 3.60. The lowest BCUT2D eigenvalue weighted by Crippen LogP contribution is -2.35. The zero-order chi connectivity index (χ0) is 21.3. The van der Waals surface area contributed by atoms with Gasteiger partial charge in [-0.05, 0) is 24.1 Å². The Morgan fingerprint density at radius 3 is 2.63 bits per heavy atom.